The van der Waals surface area contributed by atoms with Crippen LogP contribution in [0.15, 0.2) is 61.3 Å². The number of aromatic nitrogens is 5. The van der Waals surface area contributed by atoms with Crippen molar-refractivity contribution in [2.24, 2.45) is 0 Å². The van der Waals surface area contributed by atoms with Gasteiger partial charge in [0.25, 0.3) is 0 Å². The molecule has 0 amide bonds. The van der Waals surface area contributed by atoms with Crippen molar-refractivity contribution >= 4 is 17.0 Å². The second-order valence-corrected chi connectivity index (χ2v) is 6.18. The summed E-state index contributed by atoms with van der Waals surface area (Å²) in [6, 6.07) is 8.25. The van der Waals surface area contributed by atoms with E-state index >= 15 is 0 Å². The van der Waals surface area contributed by atoms with Gasteiger partial charge in [-0.15, -0.1) is 0 Å². The first-order valence-corrected chi connectivity index (χ1v) is 9.08. The fourth-order valence-corrected chi connectivity index (χ4v) is 2.65. The predicted molar refractivity (Wildman–Crippen MR) is 105 cm³/mol. The Labute approximate surface area is 174 Å². The Morgan fingerprint density at radius 3 is 2.58 bits per heavy atom. The highest BCUT2D eigenvalue weighted by molar-refractivity contribution is 5.81. The number of nitrogens with one attached hydrogen (secondary N) is 1. The molecule has 0 saturated heterocycles. The second kappa shape index (κ2) is 8.78. The van der Waals surface area contributed by atoms with Crippen LogP contribution in [0, 0.1) is 0 Å². The first kappa shape index (κ1) is 20.3. The minimum Gasteiger partial charge on any atom is -0.492 e. The summed E-state index contributed by atoms with van der Waals surface area (Å²) >= 11 is 0. The van der Waals surface area contributed by atoms with Gasteiger partial charge in [-0.1, -0.05) is 6.07 Å². The van der Waals surface area contributed by atoms with Crippen LogP contribution in [-0.4, -0.2) is 38.1 Å². The Morgan fingerprint density at radius 2 is 1.71 bits per heavy atom. The van der Waals surface area contributed by atoms with Gasteiger partial charge >= 0.3 is 6.18 Å². The molecular formula is C20H15F3N6O2. The lowest BCUT2D eigenvalue weighted by Gasteiger charge is -2.11. The first-order chi connectivity index (χ1) is 15.0. The molecule has 0 spiro atoms. The minimum absolute atomic E-state index is 0.162. The molecule has 8 nitrogen and oxygen atoms in total. The Kier molecular flexibility index (Phi) is 5.74. The number of alkyl halides is 3. The molecule has 0 saturated carbocycles. The van der Waals surface area contributed by atoms with E-state index in [2.05, 4.69) is 30.2 Å². The summed E-state index contributed by atoms with van der Waals surface area (Å²) in [5.74, 6) is 1.16. The van der Waals surface area contributed by atoms with E-state index in [-0.39, 0.29) is 12.5 Å². The van der Waals surface area contributed by atoms with Crippen LogP contribution < -0.4 is 14.8 Å². The highest BCUT2D eigenvalue weighted by Gasteiger charge is 2.31. The standard InChI is InChI=1S/C20H15F3N6O2/c21-20(22,23)13-4-5-24-16(10-13)31-15-3-1-2-14(11-15)30-9-8-27-19-17-18(28-12-29-19)26-7-6-25-17/h1-7,10-12H,8-9H2,(H,26,27,28,29). The third-order valence-corrected chi connectivity index (χ3v) is 4.02. The molecule has 11 heteroatoms. The molecular weight excluding hydrogens is 413 g/mol. The summed E-state index contributed by atoms with van der Waals surface area (Å²) in [6.45, 7) is 0.708. The van der Waals surface area contributed by atoms with Gasteiger partial charge in [-0.2, -0.15) is 13.2 Å². The SMILES string of the molecule is FC(F)(F)c1ccnc(Oc2cccc(OCCNc3ncnc4nccnc34)c2)c1. The van der Waals surface area contributed by atoms with Gasteiger partial charge < -0.3 is 14.8 Å². The van der Waals surface area contributed by atoms with Gasteiger partial charge in [0.05, 0.1) is 12.1 Å². The van der Waals surface area contributed by atoms with Crippen molar-refractivity contribution in [3.05, 3.63) is 66.9 Å². The smallest absolute Gasteiger partial charge is 0.416 e. The predicted octanol–water partition coefficient (Wildman–Crippen LogP) is 4.12. The third kappa shape index (κ3) is 5.13. The summed E-state index contributed by atoms with van der Waals surface area (Å²) in [6.07, 6.45) is 1.07. The van der Waals surface area contributed by atoms with Crippen LogP contribution in [-0.2, 0) is 6.18 Å². The van der Waals surface area contributed by atoms with Crippen LogP contribution in [0.4, 0.5) is 19.0 Å². The molecule has 0 bridgehead atoms. The number of rotatable bonds is 7. The average Bonchev–Trinajstić information content (AvgIpc) is 2.77. The largest absolute Gasteiger partial charge is 0.492 e. The fourth-order valence-electron chi connectivity index (χ4n) is 2.65. The number of hydrogen-bond donors (Lipinski definition) is 1. The van der Waals surface area contributed by atoms with E-state index < -0.39 is 11.7 Å². The van der Waals surface area contributed by atoms with Gasteiger partial charge in [0.15, 0.2) is 11.5 Å². The molecule has 0 aliphatic carbocycles. The van der Waals surface area contributed by atoms with Crippen LogP contribution in [0.25, 0.3) is 11.2 Å². The van der Waals surface area contributed by atoms with Crippen molar-refractivity contribution in [2.45, 2.75) is 6.18 Å². The third-order valence-electron chi connectivity index (χ3n) is 4.02. The quantitative estimate of drug-likeness (QED) is 0.440. The number of pyridine rings is 1. The van der Waals surface area contributed by atoms with Crippen LogP contribution >= 0.6 is 0 Å². The molecule has 1 N–H and O–H groups in total. The molecule has 1 aromatic carbocycles. The summed E-state index contributed by atoms with van der Waals surface area (Å²) in [7, 11) is 0. The number of halogens is 3. The lowest BCUT2D eigenvalue weighted by molar-refractivity contribution is -0.137. The molecule has 4 aromatic rings. The van der Waals surface area contributed by atoms with Crippen LogP contribution in [0.1, 0.15) is 5.56 Å². The molecule has 0 aliphatic rings. The highest BCUT2D eigenvalue weighted by Crippen LogP contribution is 2.32. The Bertz CT molecular complexity index is 1180. The number of anilines is 1. The zero-order chi connectivity index (χ0) is 21.7. The lowest BCUT2D eigenvalue weighted by Crippen LogP contribution is -2.13. The number of fused-ring (bicyclic) bond motifs is 1. The van der Waals surface area contributed by atoms with Crippen molar-refractivity contribution in [3.8, 4) is 17.4 Å². The molecule has 3 aromatic heterocycles. The highest BCUT2D eigenvalue weighted by atomic mass is 19.4. The van der Waals surface area contributed by atoms with E-state index in [9.17, 15) is 13.2 Å². The lowest BCUT2D eigenvalue weighted by atomic mass is 10.2. The molecule has 0 radical (unpaired) electrons. The zero-order valence-corrected chi connectivity index (χ0v) is 15.9. The van der Waals surface area contributed by atoms with Crippen molar-refractivity contribution in [3.63, 3.8) is 0 Å². The summed E-state index contributed by atoms with van der Waals surface area (Å²) in [5.41, 5.74) is 0.195. The van der Waals surface area contributed by atoms with Crippen molar-refractivity contribution in [2.75, 3.05) is 18.5 Å². The second-order valence-electron chi connectivity index (χ2n) is 6.18. The maximum absolute atomic E-state index is 12.8. The summed E-state index contributed by atoms with van der Waals surface area (Å²) < 4.78 is 49.6. The summed E-state index contributed by atoms with van der Waals surface area (Å²) in [5, 5.41) is 3.11. The molecule has 4 rings (SSSR count). The van der Waals surface area contributed by atoms with Crippen molar-refractivity contribution < 1.29 is 22.6 Å². The molecule has 0 aliphatic heterocycles. The average molecular weight is 428 g/mol. The van der Waals surface area contributed by atoms with Gasteiger partial charge in [-0.25, -0.2) is 24.9 Å². The number of ether oxygens (including phenoxy) is 2. The van der Waals surface area contributed by atoms with Crippen LogP contribution in [0.3, 0.4) is 0 Å². The van der Waals surface area contributed by atoms with Crippen molar-refractivity contribution in [1.82, 2.24) is 24.9 Å². The zero-order valence-electron chi connectivity index (χ0n) is 15.9. The minimum atomic E-state index is -4.47. The van der Waals surface area contributed by atoms with Crippen molar-refractivity contribution in [1.29, 1.82) is 0 Å². The van der Waals surface area contributed by atoms with Gasteiger partial charge in [-0.05, 0) is 18.2 Å². The first-order valence-electron chi connectivity index (χ1n) is 9.08. The maximum atomic E-state index is 12.8. The Balaban J connectivity index is 1.35. The molecule has 0 atom stereocenters. The topological polar surface area (TPSA) is 94.9 Å². The van der Waals surface area contributed by atoms with E-state index in [0.717, 1.165) is 18.3 Å². The molecule has 0 fully saturated rings. The normalized spacial score (nSPS) is 11.3. The Morgan fingerprint density at radius 1 is 0.871 bits per heavy atom. The van der Waals surface area contributed by atoms with E-state index in [1.165, 1.54) is 6.33 Å². The molecule has 158 valence electrons. The monoisotopic (exact) mass is 428 g/mol. The molecule has 0 unspecified atom stereocenters. The number of hydrogen-bond acceptors (Lipinski definition) is 8. The maximum Gasteiger partial charge on any atom is 0.416 e. The molecule has 3 heterocycles. The van der Waals surface area contributed by atoms with Gasteiger partial charge in [0.2, 0.25) is 5.88 Å². The van der Waals surface area contributed by atoms with E-state index in [1.54, 1.807) is 36.7 Å². The Hall–Kier alpha value is -4.02. The van der Waals surface area contributed by atoms with Crippen LogP contribution in [0.5, 0.6) is 17.4 Å². The van der Waals surface area contributed by atoms with Gasteiger partial charge in [0.1, 0.15) is 29.9 Å². The van der Waals surface area contributed by atoms with E-state index in [1.807, 2.05) is 0 Å². The fraction of sp³-hybridized carbons (Fsp3) is 0.150. The van der Waals surface area contributed by atoms with E-state index in [4.69, 9.17) is 9.47 Å². The van der Waals surface area contributed by atoms with Gasteiger partial charge in [0, 0.05) is 30.7 Å². The summed E-state index contributed by atoms with van der Waals surface area (Å²) in [4.78, 5) is 20.3. The number of nitrogens with zero attached hydrogens (tertiary/aromatic N) is 5. The van der Waals surface area contributed by atoms with E-state index in [0.29, 0.717) is 35.0 Å². The molecule has 31 heavy (non-hydrogen) atoms. The van der Waals surface area contributed by atoms with Gasteiger partial charge in [-0.3, -0.25) is 0 Å². The van der Waals surface area contributed by atoms with Crippen LogP contribution in [0.2, 0.25) is 0 Å². The number of benzene rings is 1.